The van der Waals surface area contributed by atoms with Gasteiger partial charge in [0, 0.05) is 0 Å². The van der Waals surface area contributed by atoms with Gasteiger partial charge in [0.1, 0.15) is 0 Å². The van der Waals surface area contributed by atoms with E-state index in [1.165, 1.54) is 0 Å². The monoisotopic (exact) mass is 480 g/mol. The third-order valence-electron chi connectivity index (χ3n) is 5.04. The summed E-state index contributed by atoms with van der Waals surface area (Å²) in [7, 11) is 0. The molecule has 0 radical (unpaired) electrons. The first-order valence-electron chi connectivity index (χ1n) is 10.2. The van der Waals surface area contributed by atoms with Crippen LogP contribution in [0.2, 0.25) is 0 Å². The second kappa shape index (κ2) is 10.5. The van der Waals surface area contributed by atoms with Crippen LogP contribution in [0.25, 0.3) is 0 Å². The Balaban J connectivity index is 2.05. The molecule has 2 nitrogen and oxygen atoms in total. The molecule has 3 heteroatoms. The molecular weight excluding hydrogens is 451 g/mol. The van der Waals surface area contributed by atoms with Crippen LogP contribution in [0.4, 0.5) is 0 Å². The predicted octanol–water partition coefficient (Wildman–Crippen LogP) is 4.17. The summed E-state index contributed by atoms with van der Waals surface area (Å²) in [6.45, 7) is 2.18. The van der Waals surface area contributed by atoms with Gasteiger partial charge < -0.3 is 0 Å². The number of hydrogen-bond donors (Lipinski definition) is 0. The van der Waals surface area contributed by atoms with E-state index in [0.717, 1.165) is 36.4 Å². The molecule has 3 rings (SSSR count). The zero-order valence-electron chi connectivity index (χ0n) is 16.5. The van der Waals surface area contributed by atoms with Crippen molar-refractivity contribution in [3.05, 3.63) is 91.0 Å². The summed E-state index contributed by atoms with van der Waals surface area (Å²) >= 11 is -3.90. The van der Waals surface area contributed by atoms with Gasteiger partial charge in [0.2, 0.25) is 0 Å². The molecule has 0 heterocycles. The number of unbranched alkanes of at least 4 members (excludes halogenated alkanes) is 3. The second-order valence-corrected chi connectivity index (χ2v) is 16.5. The molecule has 0 spiro atoms. The van der Waals surface area contributed by atoms with Crippen LogP contribution < -0.4 is 10.7 Å². The van der Waals surface area contributed by atoms with E-state index >= 15 is 0 Å². The minimum atomic E-state index is -3.90. The van der Waals surface area contributed by atoms with E-state index in [9.17, 15) is 4.79 Å². The molecule has 144 valence electrons. The summed E-state index contributed by atoms with van der Waals surface area (Å²) in [6, 6.07) is 31.1. The number of benzene rings is 3. The van der Waals surface area contributed by atoms with Crippen molar-refractivity contribution in [3.63, 3.8) is 0 Å². The molecule has 3 aromatic rings. The first-order valence-corrected chi connectivity index (χ1v) is 15.6. The van der Waals surface area contributed by atoms with E-state index in [2.05, 4.69) is 43.3 Å². The number of carbonyl (C=O) groups excluding carboxylic acids is 1. The second-order valence-electron chi connectivity index (χ2n) is 7.06. The summed E-state index contributed by atoms with van der Waals surface area (Å²) in [6.07, 6.45) is 4.79. The van der Waals surface area contributed by atoms with Gasteiger partial charge in [0.25, 0.3) is 0 Å². The van der Waals surface area contributed by atoms with E-state index in [4.69, 9.17) is 3.07 Å². The van der Waals surface area contributed by atoms with Gasteiger partial charge in [-0.25, -0.2) is 0 Å². The molecule has 0 aromatic heterocycles. The Morgan fingerprint density at radius 1 is 0.679 bits per heavy atom. The minimum absolute atomic E-state index is 0.0662. The standard InChI is InChI=1S/C7H14O2.3C6H5.Sn/c1-2-3-4-5-6-7(8)9;3*1-2-4-6-5-3-1;/h2-6H2,1H3,(H,8,9);3*1-5H;/q;;;;+1/p-1. The summed E-state index contributed by atoms with van der Waals surface area (Å²) in [5, 5.41) is 0. The van der Waals surface area contributed by atoms with Gasteiger partial charge in [-0.3, -0.25) is 0 Å². The topological polar surface area (TPSA) is 26.3 Å². The molecule has 0 saturated heterocycles. The molecule has 28 heavy (non-hydrogen) atoms. The maximum atomic E-state index is 13.0. The van der Waals surface area contributed by atoms with Gasteiger partial charge >= 0.3 is 173 Å². The van der Waals surface area contributed by atoms with Gasteiger partial charge in [-0.05, 0) is 0 Å². The van der Waals surface area contributed by atoms with Gasteiger partial charge in [0.15, 0.2) is 0 Å². The van der Waals surface area contributed by atoms with Crippen LogP contribution in [-0.2, 0) is 7.87 Å². The molecule has 0 bridgehead atoms. The van der Waals surface area contributed by atoms with Gasteiger partial charge in [-0.2, -0.15) is 0 Å². The molecular formula is C25H28O2Sn. The van der Waals surface area contributed by atoms with Crippen molar-refractivity contribution in [2.45, 2.75) is 39.0 Å². The number of hydrogen-bond acceptors (Lipinski definition) is 2. The van der Waals surface area contributed by atoms with Crippen molar-refractivity contribution >= 4 is 35.5 Å². The van der Waals surface area contributed by atoms with E-state index in [0.29, 0.717) is 6.42 Å². The molecule has 0 atom stereocenters. The molecule has 0 aliphatic carbocycles. The number of carbonyl (C=O) groups is 1. The summed E-state index contributed by atoms with van der Waals surface area (Å²) in [4.78, 5) is 13.0. The Labute approximate surface area is 173 Å². The fourth-order valence-electron chi connectivity index (χ4n) is 3.61. The van der Waals surface area contributed by atoms with Gasteiger partial charge in [0.05, 0.1) is 0 Å². The Bertz CT molecular complexity index is 751. The third-order valence-corrected chi connectivity index (χ3v) is 16.4. The Morgan fingerprint density at radius 3 is 1.50 bits per heavy atom. The van der Waals surface area contributed by atoms with E-state index in [1.807, 2.05) is 54.6 Å². The molecule has 0 unspecified atom stereocenters. The maximum absolute atomic E-state index is 13.0. The molecule has 0 amide bonds. The van der Waals surface area contributed by atoms with E-state index in [-0.39, 0.29) is 5.97 Å². The first-order chi connectivity index (χ1) is 13.8. The number of rotatable bonds is 9. The molecule has 0 aliphatic rings. The van der Waals surface area contributed by atoms with Crippen molar-refractivity contribution in [1.29, 1.82) is 0 Å². The Kier molecular flexibility index (Phi) is 7.72. The van der Waals surface area contributed by atoms with Crippen molar-refractivity contribution in [2.75, 3.05) is 0 Å². The van der Waals surface area contributed by atoms with Gasteiger partial charge in [-0.15, -0.1) is 0 Å². The van der Waals surface area contributed by atoms with Crippen LogP contribution in [0.15, 0.2) is 91.0 Å². The predicted molar refractivity (Wildman–Crippen MR) is 119 cm³/mol. The molecule has 0 aliphatic heterocycles. The van der Waals surface area contributed by atoms with Crippen LogP contribution in [0, 0.1) is 0 Å². The Morgan fingerprint density at radius 2 is 1.11 bits per heavy atom. The molecule has 0 fully saturated rings. The SMILES string of the molecule is CCCCCCC(=O)[O][Sn]([c]1ccccc1)([c]1ccccc1)[c]1ccccc1. The average molecular weight is 479 g/mol. The first kappa shape index (κ1) is 20.7. The summed E-state index contributed by atoms with van der Waals surface area (Å²) in [5.41, 5.74) is 0. The fourth-order valence-corrected chi connectivity index (χ4v) is 14.4. The third kappa shape index (κ3) is 4.85. The van der Waals surface area contributed by atoms with Crippen LogP contribution in [0.5, 0.6) is 0 Å². The van der Waals surface area contributed by atoms with Crippen molar-refractivity contribution in [2.24, 2.45) is 0 Å². The zero-order valence-corrected chi connectivity index (χ0v) is 19.4. The van der Waals surface area contributed by atoms with Crippen LogP contribution in [0.3, 0.4) is 0 Å². The van der Waals surface area contributed by atoms with Crippen LogP contribution in [0.1, 0.15) is 39.0 Å². The van der Waals surface area contributed by atoms with Crippen molar-refractivity contribution in [1.82, 2.24) is 0 Å². The normalized spacial score (nSPS) is 11.2. The van der Waals surface area contributed by atoms with E-state index < -0.39 is 18.8 Å². The quantitative estimate of drug-likeness (QED) is 0.341. The van der Waals surface area contributed by atoms with Crippen LogP contribution >= 0.6 is 0 Å². The van der Waals surface area contributed by atoms with E-state index in [1.54, 1.807) is 0 Å². The van der Waals surface area contributed by atoms with Crippen molar-refractivity contribution in [3.8, 4) is 0 Å². The molecule has 0 saturated carbocycles. The zero-order chi connectivity index (χ0) is 19.7. The average Bonchev–Trinajstić information content (AvgIpc) is 2.77. The Hall–Kier alpha value is -2.07. The fraction of sp³-hybridized carbons (Fsp3) is 0.240. The van der Waals surface area contributed by atoms with Crippen molar-refractivity contribution < 1.29 is 7.87 Å². The summed E-state index contributed by atoms with van der Waals surface area (Å²) in [5.74, 6) is -0.0662. The molecule has 3 aromatic carbocycles. The molecule has 0 N–H and O–H groups in total. The van der Waals surface area contributed by atoms with Crippen LogP contribution in [-0.4, -0.2) is 24.8 Å². The van der Waals surface area contributed by atoms with Gasteiger partial charge in [-0.1, -0.05) is 0 Å². The summed E-state index contributed by atoms with van der Waals surface area (Å²) < 4.78 is 10.0.